The van der Waals surface area contributed by atoms with Gasteiger partial charge in [-0.25, -0.2) is 4.57 Å². The fourth-order valence-corrected chi connectivity index (χ4v) is 9.08. The summed E-state index contributed by atoms with van der Waals surface area (Å²) in [5, 5.41) is 50.4. The number of carbonyl (C=O) groups excluding carboxylic acids is 1. The summed E-state index contributed by atoms with van der Waals surface area (Å²) in [6.07, 6.45) is 45.7. The summed E-state index contributed by atoms with van der Waals surface area (Å²) in [5.74, 6) is -0.483. The lowest BCUT2D eigenvalue weighted by molar-refractivity contribution is -0.220. The van der Waals surface area contributed by atoms with Crippen LogP contribution in [-0.2, 0) is 27.9 Å². The number of aliphatic hydroxyl groups is 5. The van der Waals surface area contributed by atoms with Crippen LogP contribution in [-0.4, -0.2) is 98.9 Å². The molecule has 0 saturated heterocycles. The van der Waals surface area contributed by atoms with Crippen molar-refractivity contribution in [1.29, 1.82) is 0 Å². The molecule has 68 heavy (non-hydrogen) atoms. The number of phosphoric ester groups is 1. The number of hydrogen-bond acceptors (Lipinski definition) is 11. The molecule has 6 N–H and O–H groups in total. The molecule has 13 heteroatoms. The molecule has 0 amide bonds. The van der Waals surface area contributed by atoms with Gasteiger partial charge in [0.1, 0.15) is 42.7 Å². The second-order valence-electron chi connectivity index (χ2n) is 18.7. The molecule has 6 atom stereocenters. The molecule has 0 aliphatic heterocycles. The van der Waals surface area contributed by atoms with Crippen molar-refractivity contribution in [3.63, 3.8) is 0 Å². The Bertz CT molecular complexity index is 1350. The van der Waals surface area contributed by atoms with Gasteiger partial charge in [-0.1, -0.05) is 197 Å². The fraction of sp³-hybridized carbons (Fsp3) is 0.800. The molecule has 0 bridgehead atoms. The summed E-state index contributed by atoms with van der Waals surface area (Å²) in [6, 6.07) is 0. The Morgan fingerprint density at radius 1 is 0.485 bits per heavy atom. The fourth-order valence-electron chi connectivity index (χ4n) is 8.11. The highest BCUT2D eigenvalue weighted by molar-refractivity contribution is 7.47. The maximum atomic E-state index is 12.9. The van der Waals surface area contributed by atoms with Crippen LogP contribution in [0.5, 0.6) is 0 Å². The molecule has 0 aromatic carbocycles. The maximum absolute atomic E-state index is 12.9. The van der Waals surface area contributed by atoms with Crippen molar-refractivity contribution in [3.8, 4) is 0 Å². The minimum absolute atomic E-state index is 0.0815. The number of ether oxygens (including phenoxy) is 2. The van der Waals surface area contributed by atoms with E-state index in [9.17, 15) is 39.8 Å². The first kappa shape index (κ1) is 64.1. The zero-order valence-corrected chi connectivity index (χ0v) is 43.5. The molecule has 0 radical (unpaired) electrons. The standard InChI is InChI=1S/C55H99O12P/c1-3-5-7-9-11-13-15-17-19-21-23-24-25-26-27-28-30-32-34-36-38-40-42-44-49(56)66-48(47-65-68(62,63)67-55-53(60)51(58)50(57)52(59)54(55)61)46-64-45-43-41-39-37-35-33-31-29-22-20-18-16-14-12-10-8-6-4-2/h5,7,11,13,17-20,23-24,48,50-55,57-61H,3-4,6,8-10,12,14-16,21-22,25-47H2,1-2H3,(H,62,63)/b7-5-,13-11-,19-17-,20-18-,24-23-. The summed E-state index contributed by atoms with van der Waals surface area (Å²) >= 11 is 0. The second kappa shape index (κ2) is 44.9. The van der Waals surface area contributed by atoms with Gasteiger partial charge in [-0.3, -0.25) is 13.8 Å². The van der Waals surface area contributed by atoms with Crippen LogP contribution in [0.1, 0.15) is 219 Å². The van der Waals surface area contributed by atoms with E-state index in [1.807, 2.05) is 0 Å². The summed E-state index contributed by atoms with van der Waals surface area (Å²) in [4.78, 5) is 23.3. The van der Waals surface area contributed by atoms with Crippen molar-refractivity contribution in [1.82, 2.24) is 0 Å². The predicted molar refractivity (Wildman–Crippen MR) is 276 cm³/mol. The van der Waals surface area contributed by atoms with Gasteiger partial charge in [0.25, 0.3) is 0 Å². The highest BCUT2D eigenvalue weighted by atomic mass is 31.2. The number of unbranched alkanes of at least 4 members (excludes halogenated alkanes) is 24. The van der Waals surface area contributed by atoms with Gasteiger partial charge in [-0.05, 0) is 77.0 Å². The molecule has 1 aliphatic carbocycles. The molecule has 6 unspecified atom stereocenters. The number of rotatable bonds is 46. The Morgan fingerprint density at radius 2 is 0.868 bits per heavy atom. The van der Waals surface area contributed by atoms with E-state index < -0.39 is 63.1 Å². The molecule has 12 nitrogen and oxygen atoms in total. The SMILES string of the molecule is CC/C=C\C/C=C\C/C=C\C/C=C\CCCCCCCCCCCCC(=O)OC(COCCCCCCCCCC/C=C\CCCCCCCC)COP(=O)(O)OC1C(O)C(O)C(O)C(O)C1O. The minimum Gasteiger partial charge on any atom is -0.457 e. The highest BCUT2D eigenvalue weighted by Crippen LogP contribution is 2.47. The van der Waals surface area contributed by atoms with Crippen LogP contribution >= 0.6 is 7.82 Å². The van der Waals surface area contributed by atoms with Gasteiger partial charge in [-0.15, -0.1) is 0 Å². The average Bonchev–Trinajstić information content (AvgIpc) is 3.32. The Hall–Kier alpha value is -1.96. The number of aliphatic hydroxyl groups excluding tert-OH is 5. The molecule has 1 aliphatic rings. The molecule has 0 spiro atoms. The number of allylic oxidation sites excluding steroid dienone is 10. The Kier molecular flexibility index (Phi) is 42.3. The third kappa shape index (κ3) is 36.0. The Balaban J connectivity index is 2.32. The second-order valence-corrected chi connectivity index (χ2v) is 20.1. The molecule has 1 saturated carbocycles. The molecule has 0 heterocycles. The van der Waals surface area contributed by atoms with Gasteiger partial charge in [0.2, 0.25) is 0 Å². The molecule has 0 aromatic rings. The molecule has 1 rings (SSSR count). The lowest BCUT2D eigenvalue weighted by atomic mass is 9.85. The van der Waals surface area contributed by atoms with Crippen molar-refractivity contribution >= 4 is 13.8 Å². The van der Waals surface area contributed by atoms with Crippen LogP contribution in [0.25, 0.3) is 0 Å². The van der Waals surface area contributed by atoms with Gasteiger partial charge in [0.05, 0.1) is 13.2 Å². The summed E-state index contributed by atoms with van der Waals surface area (Å²) < 4.78 is 34.4. The predicted octanol–water partition coefficient (Wildman–Crippen LogP) is 12.5. The van der Waals surface area contributed by atoms with E-state index in [0.29, 0.717) is 13.0 Å². The van der Waals surface area contributed by atoms with Crippen molar-refractivity contribution in [3.05, 3.63) is 60.8 Å². The Morgan fingerprint density at radius 3 is 1.34 bits per heavy atom. The van der Waals surface area contributed by atoms with Crippen molar-refractivity contribution < 1.29 is 58.3 Å². The van der Waals surface area contributed by atoms with E-state index in [-0.39, 0.29) is 13.0 Å². The summed E-state index contributed by atoms with van der Waals surface area (Å²) in [7, 11) is -5.03. The first-order valence-corrected chi connectivity index (χ1v) is 28.6. The highest BCUT2D eigenvalue weighted by Gasteiger charge is 2.51. The number of hydrogen-bond donors (Lipinski definition) is 6. The van der Waals surface area contributed by atoms with Crippen LogP contribution in [0.15, 0.2) is 60.8 Å². The first-order valence-electron chi connectivity index (χ1n) is 27.1. The van der Waals surface area contributed by atoms with Crippen LogP contribution in [0.4, 0.5) is 0 Å². The van der Waals surface area contributed by atoms with E-state index in [1.54, 1.807) is 0 Å². The zero-order chi connectivity index (χ0) is 49.8. The van der Waals surface area contributed by atoms with Crippen LogP contribution in [0.2, 0.25) is 0 Å². The third-order valence-corrected chi connectivity index (χ3v) is 13.4. The van der Waals surface area contributed by atoms with Crippen molar-refractivity contribution in [2.75, 3.05) is 19.8 Å². The number of phosphoric acid groups is 1. The number of esters is 1. The summed E-state index contributed by atoms with van der Waals surface area (Å²) in [5.41, 5.74) is 0. The van der Waals surface area contributed by atoms with E-state index >= 15 is 0 Å². The normalized spacial score (nSPS) is 21.6. The van der Waals surface area contributed by atoms with Crippen LogP contribution in [0.3, 0.4) is 0 Å². The van der Waals surface area contributed by atoms with E-state index in [4.69, 9.17) is 18.5 Å². The van der Waals surface area contributed by atoms with E-state index in [1.165, 1.54) is 122 Å². The monoisotopic (exact) mass is 983 g/mol. The van der Waals surface area contributed by atoms with Gasteiger partial charge in [-0.2, -0.15) is 0 Å². The smallest absolute Gasteiger partial charge is 0.457 e. The molecule has 396 valence electrons. The van der Waals surface area contributed by atoms with Crippen LogP contribution < -0.4 is 0 Å². The van der Waals surface area contributed by atoms with Crippen molar-refractivity contribution in [2.45, 2.75) is 262 Å². The summed E-state index contributed by atoms with van der Waals surface area (Å²) in [6.45, 7) is 4.16. The van der Waals surface area contributed by atoms with E-state index in [0.717, 1.165) is 70.6 Å². The zero-order valence-electron chi connectivity index (χ0n) is 42.6. The molecular weight excluding hydrogens is 884 g/mol. The topological polar surface area (TPSA) is 192 Å². The molecule has 0 aromatic heterocycles. The van der Waals surface area contributed by atoms with Crippen LogP contribution in [0, 0.1) is 0 Å². The minimum atomic E-state index is -5.03. The number of carbonyl (C=O) groups is 1. The van der Waals surface area contributed by atoms with Gasteiger partial charge >= 0.3 is 13.8 Å². The van der Waals surface area contributed by atoms with Gasteiger partial charge < -0.3 is 39.9 Å². The van der Waals surface area contributed by atoms with Crippen molar-refractivity contribution in [2.24, 2.45) is 0 Å². The largest absolute Gasteiger partial charge is 0.472 e. The molecular formula is C55H99O12P. The first-order chi connectivity index (χ1) is 33.0. The lowest BCUT2D eigenvalue weighted by Gasteiger charge is -2.41. The Labute approximate surface area is 413 Å². The third-order valence-electron chi connectivity index (χ3n) is 12.4. The van der Waals surface area contributed by atoms with Gasteiger partial charge in [0, 0.05) is 13.0 Å². The molecule has 1 fully saturated rings. The average molecular weight is 983 g/mol. The quantitative estimate of drug-likeness (QED) is 0.0147. The van der Waals surface area contributed by atoms with Gasteiger partial charge in [0.15, 0.2) is 0 Å². The maximum Gasteiger partial charge on any atom is 0.472 e. The van der Waals surface area contributed by atoms with E-state index in [2.05, 4.69) is 74.6 Å². The lowest BCUT2D eigenvalue weighted by Crippen LogP contribution is -2.64.